The summed E-state index contributed by atoms with van der Waals surface area (Å²) in [5.74, 6) is -3.48. The lowest BCUT2D eigenvalue weighted by Gasteiger charge is -2.30. The van der Waals surface area contributed by atoms with Crippen molar-refractivity contribution in [3.63, 3.8) is 0 Å². The van der Waals surface area contributed by atoms with Crippen LogP contribution in [0.1, 0.15) is 64.1 Å². The van der Waals surface area contributed by atoms with E-state index in [-0.39, 0.29) is 58.8 Å². The molecule has 0 fully saturated rings. The highest BCUT2D eigenvalue weighted by atomic mass is 35.5. The maximum absolute atomic E-state index is 13.8. The van der Waals surface area contributed by atoms with E-state index in [1.807, 2.05) is 0 Å². The first-order valence-corrected chi connectivity index (χ1v) is 19.2. The number of nitrogens with zero attached hydrogens (tertiary/aromatic N) is 1. The Balaban J connectivity index is 1.34. The van der Waals surface area contributed by atoms with Crippen LogP contribution >= 0.6 is 23.2 Å². The molecule has 4 aromatic rings. The fourth-order valence-electron chi connectivity index (χ4n) is 5.82. The van der Waals surface area contributed by atoms with Crippen molar-refractivity contribution in [1.82, 2.24) is 10.2 Å². The second-order valence-corrected chi connectivity index (χ2v) is 15.1. The van der Waals surface area contributed by atoms with Crippen LogP contribution in [0.4, 0.5) is 0 Å². The fourth-order valence-corrected chi connectivity index (χ4v) is 7.27. The fraction of sp³-hybridized carbons (Fsp3) is 0.324. The number of esters is 3. The zero-order valence-electron chi connectivity index (χ0n) is 29.0. The van der Waals surface area contributed by atoms with Gasteiger partial charge in [-0.05, 0) is 66.4 Å². The first kappa shape index (κ1) is 39.3. The van der Waals surface area contributed by atoms with Crippen LogP contribution in [0.2, 0.25) is 10.0 Å². The lowest BCUT2D eigenvalue weighted by atomic mass is 9.95. The van der Waals surface area contributed by atoms with Crippen LogP contribution in [0.3, 0.4) is 0 Å². The molecule has 0 spiro atoms. The second kappa shape index (κ2) is 16.8. The average Bonchev–Trinajstić information content (AvgIpc) is 3.58. The topological polar surface area (TPSA) is 176 Å². The van der Waals surface area contributed by atoms with E-state index < -0.39 is 46.0 Å². The van der Waals surface area contributed by atoms with Gasteiger partial charge in [0.2, 0.25) is 6.29 Å². The van der Waals surface area contributed by atoms with E-state index in [0.717, 1.165) is 11.6 Å². The minimum atomic E-state index is -3.60. The average molecular weight is 788 g/mol. The molecule has 3 aromatic carbocycles. The molecule has 1 unspecified atom stereocenters. The molecule has 1 aromatic heterocycles. The maximum Gasteiger partial charge on any atom is 0.332 e. The number of sulfone groups is 1. The lowest BCUT2D eigenvalue weighted by molar-refractivity contribution is -0.186. The zero-order chi connectivity index (χ0) is 38.4. The number of carbonyl (C=O) groups is 5. The van der Waals surface area contributed by atoms with Gasteiger partial charge in [0.05, 0.1) is 46.2 Å². The van der Waals surface area contributed by atoms with Crippen LogP contribution < -0.4 is 5.32 Å². The van der Waals surface area contributed by atoms with Crippen molar-refractivity contribution in [1.29, 1.82) is 0 Å². The van der Waals surface area contributed by atoms with Crippen molar-refractivity contribution in [2.24, 2.45) is 0 Å². The highest BCUT2D eigenvalue weighted by molar-refractivity contribution is 7.90. The molecule has 2 heterocycles. The number of amides is 2. The smallest absolute Gasteiger partial charge is 0.332 e. The number of rotatable bonds is 13. The Morgan fingerprint density at radius 1 is 0.981 bits per heavy atom. The van der Waals surface area contributed by atoms with Crippen molar-refractivity contribution in [3.05, 3.63) is 98.7 Å². The minimum Gasteiger partial charge on any atom is -0.466 e. The Morgan fingerprint density at radius 3 is 2.47 bits per heavy atom. The van der Waals surface area contributed by atoms with Crippen molar-refractivity contribution in [2.75, 3.05) is 19.4 Å². The predicted octanol–water partition coefficient (Wildman–Crippen LogP) is 5.46. The predicted molar refractivity (Wildman–Crippen MR) is 193 cm³/mol. The molecule has 1 aliphatic heterocycles. The normalized spacial score (nSPS) is 13.8. The molecule has 5 rings (SSSR count). The standard InChI is InChI=1S/C37H36Cl2N2O11S/c1-4-49-31(42)10-11-32(43)51-21(2)52-37(46)29(17-22-6-5-7-26(16-22)53(3,47)48)40-35(44)33-28(38)18-25-20-41(14-12-27(25)34(33)39)36(45)24-9-8-23-13-15-50-30(23)19-24/h5-9,13,15-16,18-19,21,29H,4,10-12,14,17,20H2,1-3H3,(H,40,44)/t21?,29-/m0/s1. The lowest BCUT2D eigenvalue weighted by Crippen LogP contribution is -2.45. The van der Waals surface area contributed by atoms with Crippen molar-refractivity contribution >= 4 is 73.7 Å². The summed E-state index contributed by atoms with van der Waals surface area (Å²) < 4.78 is 45.1. The van der Waals surface area contributed by atoms with Crippen LogP contribution in [0.15, 0.2) is 70.2 Å². The Hall–Kier alpha value is -4.92. The van der Waals surface area contributed by atoms with Crippen molar-refractivity contribution < 1.29 is 51.0 Å². The van der Waals surface area contributed by atoms with Gasteiger partial charge in [-0.3, -0.25) is 19.2 Å². The molecule has 1 aliphatic rings. The van der Waals surface area contributed by atoms with Gasteiger partial charge in [-0.25, -0.2) is 13.2 Å². The third-order valence-corrected chi connectivity index (χ3v) is 10.2. The molecule has 16 heteroatoms. The molecule has 0 saturated heterocycles. The van der Waals surface area contributed by atoms with E-state index in [2.05, 4.69) is 5.32 Å². The van der Waals surface area contributed by atoms with E-state index in [4.69, 9.17) is 41.8 Å². The highest BCUT2D eigenvalue weighted by Crippen LogP contribution is 2.35. The quantitative estimate of drug-likeness (QED) is 0.135. The van der Waals surface area contributed by atoms with Gasteiger partial charge in [0.1, 0.15) is 11.6 Å². The monoisotopic (exact) mass is 786 g/mol. The van der Waals surface area contributed by atoms with E-state index >= 15 is 0 Å². The van der Waals surface area contributed by atoms with Crippen molar-refractivity contribution in [2.45, 2.75) is 63.3 Å². The molecule has 1 N–H and O–H groups in total. The minimum absolute atomic E-state index is 0.00726. The van der Waals surface area contributed by atoms with Gasteiger partial charge in [0.25, 0.3) is 11.8 Å². The number of fused-ring (bicyclic) bond motifs is 2. The van der Waals surface area contributed by atoms with Crippen LogP contribution in [0.25, 0.3) is 11.0 Å². The maximum atomic E-state index is 13.8. The number of hydrogen-bond donors (Lipinski definition) is 1. The van der Waals surface area contributed by atoms with E-state index in [9.17, 15) is 32.4 Å². The molecule has 280 valence electrons. The summed E-state index contributed by atoms with van der Waals surface area (Å²) in [6.07, 6.45) is 0.698. The molecule has 0 bridgehead atoms. The number of nitrogens with one attached hydrogen (secondary N) is 1. The van der Waals surface area contributed by atoms with E-state index in [1.54, 1.807) is 54.5 Å². The van der Waals surface area contributed by atoms with Gasteiger partial charge in [-0.15, -0.1) is 0 Å². The first-order valence-electron chi connectivity index (χ1n) is 16.6. The highest BCUT2D eigenvalue weighted by Gasteiger charge is 2.31. The number of ether oxygens (including phenoxy) is 3. The Bertz CT molecular complexity index is 2180. The van der Waals surface area contributed by atoms with Gasteiger partial charge in [0.15, 0.2) is 9.84 Å². The number of benzene rings is 3. The molecule has 53 heavy (non-hydrogen) atoms. The van der Waals surface area contributed by atoms with Gasteiger partial charge < -0.3 is 28.8 Å². The summed E-state index contributed by atoms with van der Waals surface area (Å²) in [6.45, 7) is 3.53. The Morgan fingerprint density at radius 2 is 1.74 bits per heavy atom. The molecule has 13 nitrogen and oxygen atoms in total. The van der Waals surface area contributed by atoms with Crippen molar-refractivity contribution in [3.8, 4) is 0 Å². The SMILES string of the molecule is CCOC(=O)CCC(=O)OC(C)OC(=O)[C@H](Cc1cccc(S(C)(=O)=O)c1)NC(=O)c1c(Cl)cc2c(c1Cl)CCN(C(=O)c1ccc3ccoc3c1)C2. The van der Waals surface area contributed by atoms with Crippen LogP contribution in [-0.2, 0) is 57.8 Å². The number of halogens is 2. The van der Waals surface area contributed by atoms with E-state index in [0.29, 0.717) is 40.8 Å². The zero-order valence-corrected chi connectivity index (χ0v) is 31.3. The summed E-state index contributed by atoms with van der Waals surface area (Å²) in [5, 5.41) is 3.48. The Labute approximate surface area is 315 Å². The molecule has 0 saturated carbocycles. The summed E-state index contributed by atoms with van der Waals surface area (Å²) in [6, 6.07) is 12.9. The second-order valence-electron chi connectivity index (χ2n) is 12.3. The summed E-state index contributed by atoms with van der Waals surface area (Å²) in [7, 11) is -3.60. The van der Waals surface area contributed by atoms with E-state index in [1.165, 1.54) is 25.1 Å². The van der Waals surface area contributed by atoms with Gasteiger partial charge in [-0.1, -0.05) is 41.4 Å². The Kier molecular flexibility index (Phi) is 12.5. The number of hydrogen-bond acceptors (Lipinski definition) is 11. The number of carbonyl (C=O) groups excluding carboxylic acids is 5. The third-order valence-electron chi connectivity index (χ3n) is 8.40. The van der Waals surface area contributed by atoms with Gasteiger partial charge >= 0.3 is 17.9 Å². The number of furan rings is 1. The molecule has 2 amide bonds. The molecule has 0 radical (unpaired) electrons. The van der Waals surface area contributed by atoms with Crippen LogP contribution in [0.5, 0.6) is 0 Å². The molecular weight excluding hydrogens is 751 g/mol. The van der Waals surface area contributed by atoms with Crippen LogP contribution in [-0.4, -0.2) is 74.8 Å². The largest absolute Gasteiger partial charge is 0.466 e. The summed E-state index contributed by atoms with van der Waals surface area (Å²) in [5.41, 5.74) is 2.54. The summed E-state index contributed by atoms with van der Waals surface area (Å²) in [4.78, 5) is 66.2. The molecule has 0 aliphatic carbocycles. The molecule has 2 atom stereocenters. The first-order chi connectivity index (χ1) is 25.1. The third kappa shape index (κ3) is 9.75. The summed E-state index contributed by atoms with van der Waals surface area (Å²) >= 11 is 13.4. The van der Waals surface area contributed by atoms with Crippen LogP contribution in [0, 0.1) is 0 Å². The molecular formula is C37H36Cl2N2O11S. The van der Waals surface area contributed by atoms with Gasteiger partial charge in [-0.2, -0.15) is 0 Å². The van der Waals surface area contributed by atoms with Gasteiger partial charge in [0, 0.05) is 43.6 Å².